The molecule has 2 N–H and O–H groups in total. The van der Waals surface area contributed by atoms with Crippen LogP contribution in [0.5, 0.6) is 0 Å². The van der Waals surface area contributed by atoms with E-state index in [1.165, 1.54) is 4.88 Å². The number of nitrogens with zero attached hydrogens (tertiary/aromatic N) is 2. The molecule has 0 radical (unpaired) electrons. The molecule has 0 unspecified atom stereocenters. The van der Waals surface area contributed by atoms with Crippen molar-refractivity contribution >= 4 is 28.9 Å². The van der Waals surface area contributed by atoms with E-state index in [1.807, 2.05) is 30.5 Å². The summed E-state index contributed by atoms with van der Waals surface area (Å²) in [7, 11) is 0. The third-order valence-corrected chi connectivity index (χ3v) is 5.11. The summed E-state index contributed by atoms with van der Waals surface area (Å²) in [5.41, 5.74) is 1.14. The van der Waals surface area contributed by atoms with Crippen molar-refractivity contribution in [1.82, 2.24) is 15.6 Å². The van der Waals surface area contributed by atoms with E-state index in [0.29, 0.717) is 5.15 Å². The lowest BCUT2D eigenvalue weighted by molar-refractivity contribution is 0.506. The molecule has 0 saturated heterocycles. The molecule has 0 aliphatic heterocycles. The van der Waals surface area contributed by atoms with Crippen LogP contribution in [0.25, 0.3) is 0 Å². The first-order valence-corrected chi connectivity index (χ1v) is 10.2. The Bertz CT molecular complexity index is 801. The van der Waals surface area contributed by atoms with Crippen LogP contribution in [0.3, 0.4) is 0 Å². The number of hydrogen-bond acceptors (Lipinski definition) is 4. The molecule has 0 amide bonds. The fourth-order valence-corrected chi connectivity index (χ4v) is 3.36. The van der Waals surface area contributed by atoms with E-state index in [1.54, 1.807) is 17.6 Å². The van der Waals surface area contributed by atoms with Crippen molar-refractivity contribution in [3.05, 3.63) is 75.6 Å². The Hall–Kier alpha value is -2.31. The van der Waals surface area contributed by atoms with E-state index in [0.717, 1.165) is 56.2 Å². The molecule has 0 aromatic carbocycles. The highest BCUT2D eigenvalue weighted by Crippen LogP contribution is 2.09. The molecular weight excluding hydrogens is 380 g/mol. The maximum absolute atomic E-state index is 5.83. The summed E-state index contributed by atoms with van der Waals surface area (Å²) in [6, 6.07) is 11.9. The molecule has 0 aliphatic rings. The standard InChI is InChI=1S/C20H23ClN4OS/c21-19-6-5-16(15-25-19)7-10-22-20(23-11-8-17-3-1-13-26-17)24-12-9-18-4-2-14-27-18/h1-6,13-15H,7-12H2,(H2,22,23,24). The quantitative estimate of drug-likeness (QED) is 0.323. The van der Waals surface area contributed by atoms with Gasteiger partial charge in [0.05, 0.1) is 6.26 Å². The van der Waals surface area contributed by atoms with E-state index in [9.17, 15) is 0 Å². The van der Waals surface area contributed by atoms with E-state index >= 15 is 0 Å². The summed E-state index contributed by atoms with van der Waals surface area (Å²) in [5, 5.41) is 9.39. The molecule has 27 heavy (non-hydrogen) atoms. The molecule has 142 valence electrons. The van der Waals surface area contributed by atoms with Gasteiger partial charge >= 0.3 is 0 Å². The van der Waals surface area contributed by atoms with Crippen LogP contribution in [-0.4, -0.2) is 30.6 Å². The third kappa shape index (κ3) is 7.07. The van der Waals surface area contributed by atoms with Crippen LogP contribution in [0, 0.1) is 0 Å². The molecule has 0 aliphatic carbocycles. The Morgan fingerprint density at radius 3 is 2.67 bits per heavy atom. The van der Waals surface area contributed by atoms with Crippen molar-refractivity contribution in [1.29, 1.82) is 0 Å². The van der Waals surface area contributed by atoms with Crippen molar-refractivity contribution < 1.29 is 4.42 Å². The minimum atomic E-state index is 0.516. The van der Waals surface area contributed by atoms with Crippen molar-refractivity contribution in [2.24, 2.45) is 4.99 Å². The number of aliphatic imine (C=N–C) groups is 1. The second kappa shape index (κ2) is 10.7. The van der Waals surface area contributed by atoms with Gasteiger partial charge in [0.25, 0.3) is 0 Å². The maximum atomic E-state index is 5.83. The minimum Gasteiger partial charge on any atom is -0.469 e. The number of rotatable bonds is 9. The van der Waals surface area contributed by atoms with Crippen LogP contribution < -0.4 is 10.6 Å². The molecule has 0 bridgehead atoms. The molecule has 3 heterocycles. The van der Waals surface area contributed by atoms with Gasteiger partial charge in [0.15, 0.2) is 5.96 Å². The normalized spacial score (nSPS) is 11.5. The smallest absolute Gasteiger partial charge is 0.191 e. The van der Waals surface area contributed by atoms with E-state index in [-0.39, 0.29) is 0 Å². The zero-order valence-electron chi connectivity index (χ0n) is 15.0. The first-order chi connectivity index (χ1) is 13.3. The Morgan fingerprint density at radius 2 is 1.96 bits per heavy atom. The first kappa shape index (κ1) is 19.5. The van der Waals surface area contributed by atoms with Gasteiger partial charge in [-0.15, -0.1) is 11.3 Å². The van der Waals surface area contributed by atoms with Gasteiger partial charge < -0.3 is 15.1 Å². The number of hydrogen-bond donors (Lipinski definition) is 2. The van der Waals surface area contributed by atoms with Gasteiger partial charge in [0.2, 0.25) is 0 Å². The fraction of sp³-hybridized carbons (Fsp3) is 0.300. The van der Waals surface area contributed by atoms with Crippen LogP contribution in [0.15, 0.2) is 63.6 Å². The molecule has 0 fully saturated rings. The van der Waals surface area contributed by atoms with Crippen LogP contribution in [0.4, 0.5) is 0 Å². The first-order valence-electron chi connectivity index (χ1n) is 8.97. The number of guanidine groups is 1. The van der Waals surface area contributed by atoms with Gasteiger partial charge in [-0.3, -0.25) is 4.99 Å². The molecule has 5 nitrogen and oxygen atoms in total. The number of pyridine rings is 1. The summed E-state index contributed by atoms with van der Waals surface area (Å²) in [6.45, 7) is 2.29. The minimum absolute atomic E-state index is 0.516. The predicted molar refractivity (Wildman–Crippen MR) is 112 cm³/mol. The SMILES string of the molecule is Clc1ccc(CCNC(=NCCc2cccs2)NCCc2ccco2)cn1. The summed E-state index contributed by atoms with van der Waals surface area (Å²) in [6.07, 6.45) is 6.13. The number of furan rings is 1. The van der Waals surface area contributed by atoms with Gasteiger partial charge in [-0.25, -0.2) is 4.98 Å². The average molecular weight is 403 g/mol. The van der Waals surface area contributed by atoms with Crippen molar-refractivity contribution in [2.45, 2.75) is 19.3 Å². The Labute approximate surface area is 168 Å². The van der Waals surface area contributed by atoms with Crippen molar-refractivity contribution in [2.75, 3.05) is 19.6 Å². The van der Waals surface area contributed by atoms with Crippen LogP contribution >= 0.6 is 22.9 Å². The fourth-order valence-electron chi connectivity index (χ4n) is 2.55. The van der Waals surface area contributed by atoms with Gasteiger partial charge in [-0.05, 0) is 41.6 Å². The summed E-state index contributed by atoms with van der Waals surface area (Å²) < 4.78 is 5.38. The summed E-state index contributed by atoms with van der Waals surface area (Å²) >= 11 is 7.60. The number of halogens is 1. The summed E-state index contributed by atoms with van der Waals surface area (Å²) in [4.78, 5) is 10.2. The molecule has 0 saturated carbocycles. The third-order valence-electron chi connectivity index (χ3n) is 3.95. The van der Waals surface area contributed by atoms with E-state index in [4.69, 9.17) is 21.0 Å². The molecule has 3 aromatic rings. The maximum Gasteiger partial charge on any atom is 0.191 e. The topological polar surface area (TPSA) is 62.5 Å². The van der Waals surface area contributed by atoms with Crippen molar-refractivity contribution in [3.8, 4) is 0 Å². The van der Waals surface area contributed by atoms with Crippen LogP contribution in [0.1, 0.15) is 16.2 Å². The monoisotopic (exact) mass is 402 g/mol. The number of thiophene rings is 1. The molecular formula is C20H23ClN4OS. The number of nitrogens with one attached hydrogen (secondary N) is 2. The van der Waals surface area contributed by atoms with Gasteiger partial charge in [-0.2, -0.15) is 0 Å². The van der Waals surface area contributed by atoms with Crippen LogP contribution in [0.2, 0.25) is 5.15 Å². The number of aromatic nitrogens is 1. The van der Waals surface area contributed by atoms with Crippen molar-refractivity contribution in [3.63, 3.8) is 0 Å². The van der Waals surface area contributed by atoms with Gasteiger partial charge in [-0.1, -0.05) is 23.7 Å². The van der Waals surface area contributed by atoms with E-state index < -0.39 is 0 Å². The van der Waals surface area contributed by atoms with Gasteiger partial charge in [0.1, 0.15) is 10.9 Å². The largest absolute Gasteiger partial charge is 0.469 e. The predicted octanol–water partition coefficient (Wildman–Crippen LogP) is 3.95. The molecule has 0 atom stereocenters. The Morgan fingerprint density at radius 1 is 1.07 bits per heavy atom. The van der Waals surface area contributed by atoms with Gasteiger partial charge in [0, 0.05) is 43.5 Å². The second-order valence-electron chi connectivity index (χ2n) is 5.98. The Balaban J connectivity index is 1.48. The summed E-state index contributed by atoms with van der Waals surface area (Å²) in [5.74, 6) is 1.78. The Kier molecular flexibility index (Phi) is 7.74. The molecule has 7 heteroatoms. The second-order valence-corrected chi connectivity index (χ2v) is 7.40. The zero-order valence-corrected chi connectivity index (χ0v) is 16.6. The lowest BCUT2D eigenvalue weighted by Gasteiger charge is -2.12. The average Bonchev–Trinajstić information content (AvgIpc) is 3.37. The molecule has 3 rings (SSSR count). The zero-order chi connectivity index (χ0) is 18.7. The highest BCUT2D eigenvalue weighted by Gasteiger charge is 2.02. The molecule has 0 spiro atoms. The lowest BCUT2D eigenvalue weighted by Crippen LogP contribution is -2.39. The highest BCUT2D eigenvalue weighted by atomic mass is 35.5. The highest BCUT2D eigenvalue weighted by molar-refractivity contribution is 7.09. The molecule has 3 aromatic heterocycles. The van der Waals surface area contributed by atoms with Crippen LogP contribution in [-0.2, 0) is 19.3 Å². The van der Waals surface area contributed by atoms with E-state index in [2.05, 4.69) is 33.1 Å². The lowest BCUT2D eigenvalue weighted by atomic mass is 10.2.